The summed E-state index contributed by atoms with van der Waals surface area (Å²) in [4.78, 5) is 46.7. The molecule has 5 rings (SSSR count). The van der Waals surface area contributed by atoms with Crippen LogP contribution in [0.5, 0.6) is 17.4 Å². The molecule has 0 spiro atoms. The van der Waals surface area contributed by atoms with Gasteiger partial charge in [0.05, 0.1) is 31.3 Å². The Labute approximate surface area is 263 Å². The van der Waals surface area contributed by atoms with Crippen molar-refractivity contribution in [2.24, 2.45) is 11.7 Å². The number of hydrogen-bond donors (Lipinski definition) is 4. The van der Waals surface area contributed by atoms with Crippen molar-refractivity contribution < 1.29 is 28.6 Å². The highest BCUT2D eigenvalue weighted by atomic mass is 32.1. The van der Waals surface area contributed by atoms with Crippen LogP contribution in [0.1, 0.15) is 64.4 Å². The number of fused-ring (bicyclic) bond motifs is 3. The van der Waals surface area contributed by atoms with Crippen LogP contribution in [0.15, 0.2) is 30.4 Å². The second kappa shape index (κ2) is 13.2. The maximum Gasteiger partial charge on any atom is 0.256 e. The number of carbonyl (C=O) groups excluding carboxylic acids is 3. The Kier molecular flexibility index (Phi) is 9.59. The molecular formula is C32H43N5O6S. The zero-order chi connectivity index (χ0) is 31.6. The Hall–Kier alpha value is -3.51. The van der Waals surface area contributed by atoms with Crippen molar-refractivity contribution in [2.75, 3.05) is 13.7 Å². The number of nitrogens with zero attached hydrogens (tertiary/aromatic N) is 2. The summed E-state index contributed by atoms with van der Waals surface area (Å²) >= 11 is 3.98. The van der Waals surface area contributed by atoms with Crippen LogP contribution in [0.4, 0.5) is 0 Å². The lowest BCUT2D eigenvalue weighted by atomic mass is 10.1. The van der Waals surface area contributed by atoms with Crippen molar-refractivity contribution in [3.8, 4) is 17.4 Å². The van der Waals surface area contributed by atoms with Crippen molar-refractivity contribution in [1.82, 2.24) is 19.9 Å². The molecule has 1 aliphatic carbocycles. The smallest absolute Gasteiger partial charge is 0.256 e. The van der Waals surface area contributed by atoms with Crippen LogP contribution in [0, 0.1) is 12.8 Å². The van der Waals surface area contributed by atoms with Gasteiger partial charge in [-0.05, 0) is 58.6 Å². The zero-order valence-electron chi connectivity index (χ0n) is 25.8. The number of pyridine rings is 1. The van der Waals surface area contributed by atoms with Gasteiger partial charge in [-0.15, -0.1) is 0 Å². The first-order chi connectivity index (χ1) is 21.1. The molecule has 238 valence electrons. The molecular weight excluding hydrogens is 582 g/mol. The zero-order valence-corrected chi connectivity index (χ0v) is 26.7. The molecule has 0 radical (unpaired) electrons. The predicted molar refractivity (Wildman–Crippen MR) is 170 cm³/mol. The van der Waals surface area contributed by atoms with Gasteiger partial charge in [0.25, 0.3) is 5.91 Å². The number of aryl methyl sites for hydroxylation is 1. The Morgan fingerprint density at radius 3 is 2.75 bits per heavy atom. The highest BCUT2D eigenvalue weighted by Crippen LogP contribution is 2.46. The van der Waals surface area contributed by atoms with Gasteiger partial charge >= 0.3 is 0 Å². The third-order valence-corrected chi connectivity index (χ3v) is 8.98. The summed E-state index contributed by atoms with van der Waals surface area (Å²) in [6, 6.07) is 3.88. The summed E-state index contributed by atoms with van der Waals surface area (Å²) in [7, 11) is 1.61. The number of allylic oxidation sites excluding steroid dienone is 1. The highest BCUT2D eigenvalue weighted by molar-refractivity contribution is 7.78. The standard InChI is InChI=1S/C32H43N5O6S/c1-18(2)42-27-15-26(22-12-13-25(41-4)19(3)28(22)34-27)43-21-14-24-29(38)35-32(31(40)36-44)16-20(32)10-8-6-5-7-9-11-23(33)30(39)37(24)17-21/h8,10,12-13,15,18,20-21,23-24,44H,5-7,9,11,14,16-17,33H2,1-4H3,(H,35,38)(H,36,40)/b10-8-/t20?,21?,23-,24-,32+/m0/s1. The fourth-order valence-electron chi connectivity index (χ4n) is 6.32. The van der Waals surface area contributed by atoms with Gasteiger partial charge in [-0.3, -0.25) is 14.4 Å². The van der Waals surface area contributed by atoms with E-state index in [9.17, 15) is 14.4 Å². The van der Waals surface area contributed by atoms with E-state index in [4.69, 9.17) is 24.9 Å². The fourth-order valence-corrected chi connectivity index (χ4v) is 6.52. The Morgan fingerprint density at radius 2 is 2.02 bits per heavy atom. The summed E-state index contributed by atoms with van der Waals surface area (Å²) < 4.78 is 20.4. The minimum atomic E-state index is -1.10. The quantitative estimate of drug-likeness (QED) is 0.283. The average Bonchev–Trinajstić information content (AvgIpc) is 3.52. The lowest BCUT2D eigenvalue weighted by molar-refractivity contribution is -0.140. The van der Waals surface area contributed by atoms with E-state index >= 15 is 0 Å². The molecule has 2 unspecified atom stereocenters. The normalized spacial score (nSPS) is 28.3. The van der Waals surface area contributed by atoms with Crippen LogP contribution in [0.2, 0.25) is 0 Å². The molecule has 2 aliphatic heterocycles. The minimum absolute atomic E-state index is 0.115. The molecule has 5 atom stereocenters. The topological polar surface area (TPSA) is 145 Å². The van der Waals surface area contributed by atoms with Gasteiger partial charge in [-0.1, -0.05) is 37.8 Å². The summed E-state index contributed by atoms with van der Waals surface area (Å²) in [6.45, 7) is 5.92. The van der Waals surface area contributed by atoms with Crippen LogP contribution in [0.3, 0.4) is 0 Å². The molecule has 1 aromatic carbocycles. The molecule has 1 aromatic heterocycles. The molecule has 3 amide bonds. The highest BCUT2D eigenvalue weighted by Gasteiger charge is 2.60. The first-order valence-corrected chi connectivity index (χ1v) is 15.8. The number of aromatic nitrogens is 1. The maximum atomic E-state index is 13.9. The van der Waals surface area contributed by atoms with Gasteiger partial charge in [-0.2, -0.15) is 0 Å². The molecule has 3 aliphatic rings. The number of hydrogen-bond acceptors (Lipinski definition) is 9. The van der Waals surface area contributed by atoms with Gasteiger partial charge in [0, 0.05) is 29.4 Å². The second-order valence-corrected chi connectivity index (χ2v) is 12.5. The summed E-state index contributed by atoms with van der Waals surface area (Å²) in [5, 5.41) is 3.73. The van der Waals surface area contributed by atoms with Crippen molar-refractivity contribution >= 4 is 41.4 Å². The van der Waals surface area contributed by atoms with E-state index in [0.29, 0.717) is 35.7 Å². The van der Waals surface area contributed by atoms with Crippen LogP contribution < -0.4 is 30.0 Å². The number of carbonyl (C=O) groups is 3. The van der Waals surface area contributed by atoms with Crippen LogP contribution >= 0.6 is 12.8 Å². The van der Waals surface area contributed by atoms with E-state index in [1.807, 2.05) is 39.0 Å². The van der Waals surface area contributed by atoms with Gasteiger partial charge in [0.2, 0.25) is 17.7 Å². The number of benzene rings is 1. The fraction of sp³-hybridized carbons (Fsp3) is 0.562. The van der Waals surface area contributed by atoms with Crippen molar-refractivity contribution in [3.63, 3.8) is 0 Å². The molecule has 2 fully saturated rings. The third-order valence-electron chi connectivity index (χ3n) is 8.78. The average molecular weight is 626 g/mol. The van der Waals surface area contributed by atoms with E-state index in [1.165, 1.54) is 4.90 Å². The number of ether oxygens (including phenoxy) is 3. The third kappa shape index (κ3) is 6.46. The molecule has 44 heavy (non-hydrogen) atoms. The molecule has 1 saturated carbocycles. The number of methoxy groups -OCH3 is 1. The van der Waals surface area contributed by atoms with Crippen molar-refractivity contribution in [2.45, 2.75) is 95.5 Å². The lowest BCUT2D eigenvalue weighted by Gasteiger charge is -2.28. The van der Waals surface area contributed by atoms with Gasteiger partial charge in [-0.25, -0.2) is 4.98 Å². The summed E-state index contributed by atoms with van der Waals surface area (Å²) in [6.07, 6.45) is 8.21. The maximum absolute atomic E-state index is 13.9. The molecule has 12 heteroatoms. The molecule has 4 N–H and O–H groups in total. The van der Waals surface area contributed by atoms with Gasteiger partial charge < -0.3 is 34.9 Å². The van der Waals surface area contributed by atoms with Crippen molar-refractivity contribution in [3.05, 3.63) is 35.9 Å². The van der Waals surface area contributed by atoms with E-state index in [1.54, 1.807) is 13.2 Å². The second-order valence-electron chi connectivity index (χ2n) is 12.3. The number of thiol groups is 1. The Morgan fingerprint density at radius 1 is 1.23 bits per heavy atom. The molecule has 1 saturated heterocycles. The SMILES string of the molecule is COc1ccc2c(OC3C[C@H]4C(=O)N[C@]5(C(=O)NS)CC5/C=C\CCCCC[C@H](N)C(=O)N4C3)cc(OC(C)C)nc2c1C. The van der Waals surface area contributed by atoms with E-state index in [0.717, 1.165) is 36.6 Å². The first-order valence-electron chi connectivity index (χ1n) is 15.4. The summed E-state index contributed by atoms with van der Waals surface area (Å²) in [5.41, 5.74) is 6.79. The molecule has 11 nitrogen and oxygen atoms in total. The molecule has 3 heterocycles. The predicted octanol–water partition coefficient (Wildman–Crippen LogP) is 3.37. The lowest BCUT2D eigenvalue weighted by Crippen LogP contribution is -2.56. The van der Waals surface area contributed by atoms with Crippen LogP contribution in [0.25, 0.3) is 10.9 Å². The van der Waals surface area contributed by atoms with Crippen LogP contribution in [-0.2, 0) is 14.4 Å². The first kappa shape index (κ1) is 31.9. The Bertz CT molecular complexity index is 1450. The van der Waals surface area contributed by atoms with Gasteiger partial charge in [0.15, 0.2) is 0 Å². The van der Waals surface area contributed by atoms with Crippen LogP contribution in [-0.4, -0.2) is 71.1 Å². The van der Waals surface area contributed by atoms with E-state index in [2.05, 4.69) is 28.9 Å². The van der Waals surface area contributed by atoms with Gasteiger partial charge in [0.1, 0.15) is 29.2 Å². The van der Waals surface area contributed by atoms with E-state index in [-0.39, 0.29) is 36.8 Å². The molecule has 2 aromatic rings. The van der Waals surface area contributed by atoms with E-state index < -0.39 is 29.6 Å². The number of nitrogens with two attached hydrogens (primary N) is 1. The summed E-state index contributed by atoms with van der Waals surface area (Å²) in [5.74, 6) is 0.381. The number of amides is 3. The number of nitrogens with one attached hydrogen (secondary N) is 2. The minimum Gasteiger partial charge on any atom is -0.496 e. The Balaban J connectivity index is 1.47. The molecule has 0 bridgehead atoms. The van der Waals surface area contributed by atoms with Crippen molar-refractivity contribution in [1.29, 1.82) is 0 Å². The number of rotatable bonds is 6. The monoisotopic (exact) mass is 625 g/mol. The largest absolute Gasteiger partial charge is 0.496 e.